The van der Waals surface area contributed by atoms with Gasteiger partial charge in [-0.1, -0.05) is 36.7 Å². The first-order valence-electron chi connectivity index (χ1n) is 5.17. The molecule has 1 heterocycles. The monoisotopic (exact) mass is 252 g/mol. The lowest BCUT2D eigenvalue weighted by Gasteiger charge is -2.29. The van der Waals surface area contributed by atoms with E-state index in [1.807, 2.05) is 30.5 Å². The molecule has 1 unspecified atom stereocenters. The van der Waals surface area contributed by atoms with Gasteiger partial charge in [0.25, 0.3) is 0 Å². The third-order valence-electron chi connectivity index (χ3n) is 2.21. The maximum Gasteiger partial charge on any atom is 0.174 e. The summed E-state index contributed by atoms with van der Waals surface area (Å²) in [6.07, 6.45) is 3.80. The Bertz CT molecular complexity index is 403. The second kappa shape index (κ2) is 5.41. The van der Waals surface area contributed by atoms with Gasteiger partial charge in [0, 0.05) is 11.9 Å². The molecule has 1 atom stereocenters. The fourth-order valence-corrected chi connectivity index (χ4v) is 2.55. The van der Waals surface area contributed by atoms with Crippen molar-refractivity contribution in [1.82, 2.24) is 0 Å². The predicted molar refractivity (Wildman–Crippen MR) is 73.3 cm³/mol. The Morgan fingerprint density at radius 1 is 1.38 bits per heavy atom. The third kappa shape index (κ3) is 2.60. The predicted octanol–water partition coefficient (Wildman–Crippen LogP) is 3.69. The van der Waals surface area contributed by atoms with Gasteiger partial charge in [0.15, 0.2) is 5.50 Å². The van der Waals surface area contributed by atoms with Crippen LogP contribution in [0.4, 0.5) is 5.69 Å². The summed E-state index contributed by atoms with van der Waals surface area (Å²) in [7, 11) is 0. The van der Waals surface area contributed by atoms with E-state index in [9.17, 15) is 0 Å². The molecule has 0 saturated heterocycles. The van der Waals surface area contributed by atoms with Crippen LogP contribution in [0.15, 0.2) is 47.6 Å². The van der Waals surface area contributed by atoms with Crippen molar-refractivity contribution in [1.29, 1.82) is 0 Å². The molecule has 0 fully saturated rings. The van der Waals surface area contributed by atoms with E-state index in [1.54, 1.807) is 11.8 Å². The van der Waals surface area contributed by atoms with Gasteiger partial charge in [0.2, 0.25) is 0 Å². The van der Waals surface area contributed by atoms with Crippen LogP contribution in [0.25, 0.3) is 0 Å². The van der Waals surface area contributed by atoms with Gasteiger partial charge in [-0.2, -0.15) is 0 Å². The Labute approximate surface area is 105 Å². The fourth-order valence-electron chi connectivity index (χ4n) is 1.51. The SMILES string of the molecule is CCSC1N=C(Cl)C=CN1c1ccccc1. The van der Waals surface area contributed by atoms with Crippen LogP contribution in [0.1, 0.15) is 6.92 Å². The Balaban J connectivity index is 2.24. The minimum atomic E-state index is 0.0462. The van der Waals surface area contributed by atoms with E-state index in [4.69, 9.17) is 11.6 Å². The highest BCUT2D eigenvalue weighted by molar-refractivity contribution is 7.99. The Kier molecular flexibility index (Phi) is 3.91. The van der Waals surface area contributed by atoms with Crippen molar-refractivity contribution in [3.8, 4) is 0 Å². The number of hydrogen-bond acceptors (Lipinski definition) is 3. The molecular weight excluding hydrogens is 240 g/mol. The van der Waals surface area contributed by atoms with Gasteiger partial charge < -0.3 is 4.90 Å². The molecule has 1 aliphatic heterocycles. The van der Waals surface area contributed by atoms with E-state index in [-0.39, 0.29) is 5.50 Å². The maximum absolute atomic E-state index is 5.92. The summed E-state index contributed by atoms with van der Waals surface area (Å²) in [4.78, 5) is 6.54. The molecule has 0 spiro atoms. The first kappa shape index (κ1) is 11.6. The molecule has 4 heteroatoms. The fraction of sp³-hybridized carbons (Fsp3) is 0.250. The van der Waals surface area contributed by atoms with Crippen LogP contribution >= 0.6 is 23.4 Å². The van der Waals surface area contributed by atoms with Gasteiger partial charge in [0.05, 0.1) is 0 Å². The van der Waals surface area contributed by atoms with Gasteiger partial charge in [-0.05, 0) is 24.0 Å². The van der Waals surface area contributed by atoms with Gasteiger partial charge in [-0.3, -0.25) is 0 Å². The normalized spacial score (nSPS) is 19.8. The highest BCUT2D eigenvalue weighted by Crippen LogP contribution is 2.27. The number of benzene rings is 1. The highest BCUT2D eigenvalue weighted by Gasteiger charge is 2.18. The van der Waals surface area contributed by atoms with E-state index in [1.165, 1.54) is 0 Å². The molecular formula is C12H13ClN2S. The lowest BCUT2D eigenvalue weighted by atomic mass is 10.3. The largest absolute Gasteiger partial charge is 0.317 e. The first-order chi connectivity index (χ1) is 7.81. The molecule has 0 radical (unpaired) electrons. The zero-order valence-corrected chi connectivity index (χ0v) is 10.6. The van der Waals surface area contributed by atoms with Crippen LogP contribution < -0.4 is 4.90 Å². The molecule has 0 amide bonds. The smallest absolute Gasteiger partial charge is 0.174 e. The number of nitrogens with zero attached hydrogens (tertiary/aromatic N) is 2. The summed E-state index contributed by atoms with van der Waals surface area (Å²) in [6, 6.07) is 10.2. The van der Waals surface area contributed by atoms with Crippen molar-refractivity contribution >= 4 is 34.2 Å². The number of halogens is 1. The van der Waals surface area contributed by atoms with Gasteiger partial charge in [-0.15, -0.1) is 11.8 Å². The molecule has 0 saturated carbocycles. The lowest BCUT2D eigenvalue weighted by Crippen LogP contribution is -2.29. The molecule has 0 aromatic heterocycles. The summed E-state index contributed by atoms with van der Waals surface area (Å²) < 4.78 is 0. The van der Waals surface area contributed by atoms with Gasteiger partial charge >= 0.3 is 0 Å². The maximum atomic E-state index is 5.92. The number of thioether (sulfide) groups is 1. The standard InChI is InChI=1S/C12H13ClN2S/c1-2-16-12-14-11(13)8-9-15(12)10-6-4-3-5-7-10/h3-9,12H,2H2,1H3. The molecule has 1 aromatic carbocycles. The van der Waals surface area contributed by atoms with Crippen LogP contribution in [-0.4, -0.2) is 16.4 Å². The summed E-state index contributed by atoms with van der Waals surface area (Å²) in [5.74, 6) is 1.01. The topological polar surface area (TPSA) is 15.6 Å². The number of allylic oxidation sites excluding steroid dienone is 1. The third-order valence-corrected chi connectivity index (χ3v) is 3.40. The van der Waals surface area contributed by atoms with Crippen molar-refractivity contribution in [3.05, 3.63) is 42.6 Å². The number of anilines is 1. The average Bonchev–Trinajstić information content (AvgIpc) is 2.31. The van der Waals surface area contributed by atoms with Crippen molar-refractivity contribution < 1.29 is 0 Å². The number of para-hydroxylation sites is 1. The van der Waals surface area contributed by atoms with Crippen LogP contribution in [0.3, 0.4) is 0 Å². The van der Waals surface area contributed by atoms with Crippen LogP contribution in [-0.2, 0) is 0 Å². The molecule has 1 aliphatic rings. The zero-order chi connectivity index (χ0) is 11.4. The van der Waals surface area contributed by atoms with Crippen LogP contribution in [0.2, 0.25) is 0 Å². The zero-order valence-electron chi connectivity index (χ0n) is 9.01. The molecule has 0 aliphatic carbocycles. The minimum Gasteiger partial charge on any atom is -0.317 e. The molecule has 1 aromatic rings. The van der Waals surface area contributed by atoms with Crippen LogP contribution in [0.5, 0.6) is 0 Å². The van der Waals surface area contributed by atoms with E-state index >= 15 is 0 Å². The number of rotatable bonds is 3. The van der Waals surface area contributed by atoms with Crippen molar-refractivity contribution in [2.75, 3.05) is 10.7 Å². The van der Waals surface area contributed by atoms with E-state index in [2.05, 4.69) is 28.9 Å². The van der Waals surface area contributed by atoms with Crippen LogP contribution in [0, 0.1) is 0 Å². The summed E-state index contributed by atoms with van der Waals surface area (Å²) in [5, 5.41) is 0.568. The average molecular weight is 253 g/mol. The first-order valence-corrected chi connectivity index (χ1v) is 6.60. The van der Waals surface area contributed by atoms with Gasteiger partial charge in [0.1, 0.15) is 5.17 Å². The quantitative estimate of drug-likeness (QED) is 0.815. The molecule has 2 nitrogen and oxygen atoms in total. The van der Waals surface area contributed by atoms with E-state index in [0.717, 1.165) is 11.4 Å². The minimum absolute atomic E-state index is 0.0462. The summed E-state index contributed by atoms with van der Waals surface area (Å²) >= 11 is 7.68. The van der Waals surface area contributed by atoms with E-state index < -0.39 is 0 Å². The Morgan fingerprint density at radius 2 is 2.12 bits per heavy atom. The van der Waals surface area contributed by atoms with Crippen molar-refractivity contribution in [2.24, 2.45) is 4.99 Å². The summed E-state index contributed by atoms with van der Waals surface area (Å²) in [5.41, 5.74) is 1.18. The lowest BCUT2D eigenvalue weighted by molar-refractivity contribution is 0.903. The van der Waals surface area contributed by atoms with Gasteiger partial charge in [-0.25, -0.2) is 4.99 Å². The molecule has 16 heavy (non-hydrogen) atoms. The highest BCUT2D eigenvalue weighted by atomic mass is 35.5. The van der Waals surface area contributed by atoms with E-state index in [0.29, 0.717) is 5.17 Å². The Morgan fingerprint density at radius 3 is 2.81 bits per heavy atom. The summed E-state index contributed by atoms with van der Waals surface area (Å²) in [6.45, 7) is 2.12. The van der Waals surface area contributed by atoms with Crippen molar-refractivity contribution in [3.63, 3.8) is 0 Å². The molecule has 84 valence electrons. The second-order valence-electron chi connectivity index (χ2n) is 3.29. The molecule has 0 N–H and O–H groups in total. The number of hydrogen-bond donors (Lipinski definition) is 0. The van der Waals surface area contributed by atoms with Crippen molar-refractivity contribution in [2.45, 2.75) is 12.4 Å². The number of aliphatic imine (C=N–C) groups is 1. The molecule has 2 rings (SSSR count). The molecule has 0 bridgehead atoms. The Hall–Kier alpha value is -0.930. The second-order valence-corrected chi connectivity index (χ2v) is 5.01.